The number of nitrogens with one attached hydrogen (secondary N) is 1. The Morgan fingerprint density at radius 2 is 1.88 bits per heavy atom. The van der Waals surface area contributed by atoms with Crippen LogP contribution in [0.5, 0.6) is 0 Å². The second-order valence-corrected chi connectivity index (χ2v) is 5.38. The first-order valence-electron chi connectivity index (χ1n) is 6.75. The zero-order valence-corrected chi connectivity index (χ0v) is 11.5. The van der Waals surface area contributed by atoms with Crippen LogP contribution in [0.1, 0.15) is 33.1 Å². The van der Waals surface area contributed by atoms with E-state index in [1.165, 1.54) is 45.4 Å². The van der Waals surface area contributed by atoms with E-state index in [0.29, 0.717) is 6.04 Å². The van der Waals surface area contributed by atoms with Gasteiger partial charge >= 0.3 is 0 Å². The molecule has 0 bridgehead atoms. The van der Waals surface area contributed by atoms with Gasteiger partial charge in [0, 0.05) is 31.7 Å². The first kappa shape index (κ1) is 13.9. The molecule has 0 spiro atoms. The van der Waals surface area contributed by atoms with E-state index in [2.05, 4.69) is 43.1 Å². The molecule has 0 aliphatic carbocycles. The first-order valence-corrected chi connectivity index (χ1v) is 6.75. The van der Waals surface area contributed by atoms with Gasteiger partial charge in [0.05, 0.1) is 0 Å². The lowest BCUT2D eigenvalue weighted by molar-refractivity contribution is 0.143. The highest BCUT2D eigenvalue weighted by Crippen LogP contribution is 2.14. The predicted octanol–water partition coefficient (Wildman–Crippen LogP) is 1.40. The van der Waals surface area contributed by atoms with Gasteiger partial charge in [-0.15, -0.1) is 0 Å². The molecule has 0 aromatic rings. The molecule has 1 N–H and O–H groups in total. The van der Waals surface area contributed by atoms with E-state index in [-0.39, 0.29) is 0 Å². The zero-order chi connectivity index (χ0) is 12.0. The van der Waals surface area contributed by atoms with Crippen LogP contribution >= 0.6 is 0 Å². The van der Waals surface area contributed by atoms with Gasteiger partial charge in [0.25, 0.3) is 0 Å². The third-order valence-corrected chi connectivity index (χ3v) is 3.50. The summed E-state index contributed by atoms with van der Waals surface area (Å²) in [6.45, 7) is 9.37. The van der Waals surface area contributed by atoms with E-state index in [0.717, 1.165) is 6.04 Å². The number of likely N-dealkylation sites (N-methyl/N-ethyl adjacent to an activating group) is 1. The van der Waals surface area contributed by atoms with Crippen molar-refractivity contribution < 1.29 is 0 Å². The van der Waals surface area contributed by atoms with Crippen molar-refractivity contribution in [3.8, 4) is 0 Å². The van der Waals surface area contributed by atoms with Crippen molar-refractivity contribution >= 4 is 0 Å². The Morgan fingerprint density at radius 1 is 1.12 bits per heavy atom. The number of hydrogen-bond acceptors (Lipinski definition) is 3. The summed E-state index contributed by atoms with van der Waals surface area (Å²) < 4.78 is 0. The van der Waals surface area contributed by atoms with Gasteiger partial charge in [-0.1, -0.05) is 6.92 Å². The molecular weight excluding hydrogens is 198 g/mol. The van der Waals surface area contributed by atoms with Crippen molar-refractivity contribution in [1.29, 1.82) is 0 Å². The minimum atomic E-state index is 0.716. The molecule has 0 aromatic heterocycles. The first-order chi connectivity index (χ1) is 7.63. The Kier molecular flexibility index (Phi) is 6.32. The molecule has 1 heterocycles. The van der Waals surface area contributed by atoms with Crippen molar-refractivity contribution in [3.63, 3.8) is 0 Å². The molecule has 3 heteroatoms. The summed E-state index contributed by atoms with van der Waals surface area (Å²) in [4.78, 5) is 4.94. The summed E-state index contributed by atoms with van der Waals surface area (Å²) in [7, 11) is 4.32. The molecule has 1 saturated heterocycles. The molecule has 2 atom stereocenters. The molecule has 0 aromatic carbocycles. The Labute approximate surface area is 101 Å². The fraction of sp³-hybridized carbons (Fsp3) is 1.00. The average molecular weight is 227 g/mol. The van der Waals surface area contributed by atoms with E-state index >= 15 is 0 Å². The minimum absolute atomic E-state index is 0.716. The Hall–Kier alpha value is -0.120. The lowest BCUT2D eigenvalue weighted by Gasteiger charge is -2.37. The van der Waals surface area contributed by atoms with Crippen LogP contribution in [-0.2, 0) is 0 Å². The maximum Gasteiger partial charge on any atom is 0.0221 e. The van der Waals surface area contributed by atoms with Crippen LogP contribution in [-0.4, -0.2) is 62.2 Å². The third-order valence-electron chi connectivity index (χ3n) is 3.50. The van der Waals surface area contributed by atoms with Crippen LogP contribution in [0.3, 0.4) is 0 Å². The molecule has 1 aliphatic rings. The molecule has 1 rings (SSSR count). The monoisotopic (exact) mass is 227 g/mol. The third kappa shape index (κ3) is 4.81. The SMILES string of the molecule is CCCN(CCN(C)C)C1CCC(C)NC1. The van der Waals surface area contributed by atoms with E-state index < -0.39 is 0 Å². The van der Waals surface area contributed by atoms with Crippen LogP contribution in [0.25, 0.3) is 0 Å². The number of piperidine rings is 1. The van der Waals surface area contributed by atoms with Crippen molar-refractivity contribution in [2.24, 2.45) is 0 Å². The molecule has 96 valence electrons. The quantitative estimate of drug-likeness (QED) is 0.740. The Bertz CT molecular complexity index is 174. The van der Waals surface area contributed by atoms with Crippen LogP contribution in [0.15, 0.2) is 0 Å². The van der Waals surface area contributed by atoms with Crippen molar-refractivity contribution in [1.82, 2.24) is 15.1 Å². The molecule has 0 saturated carbocycles. The van der Waals surface area contributed by atoms with Crippen LogP contribution in [0.2, 0.25) is 0 Å². The topological polar surface area (TPSA) is 18.5 Å². The molecule has 0 amide bonds. The number of rotatable bonds is 6. The molecule has 16 heavy (non-hydrogen) atoms. The van der Waals surface area contributed by atoms with Gasteiger partial charge in [-0.05, 0) is 46.8 Å². The van der Waals surface area contributed by atoms with Gasteiger partial charge in [-0.3, -0.25) is 4.90 Å². The van der Waals surface area contributed by atoms with E-state index in [4.69, 9.17) is 0 Å². The summed E-state index contributed by atoms with van der Waals surface area (Å²) in [5, 5.41) is 3.60. The fourth-order valence-electron chi connectivity index (χ4n) is 2.39. The predicted molar refractivity (Wildman–Crippen MR) is 70.9 cm³/mol. The van der Waals surface area contributed by atoms with Crippen LogP contribution in [0, 0.1) is 0 Å². The van der Waals surface area contributed by atoms with Crippen molar-refractivity contribution in [2.75, 3.05) is 40.3 Å². The largest absolute Gasteiger partial charge is 0.313 e. The van der Waals surface area contributed by atoms with Gasteiger partial charge in [-0.25, -0.2) is 0 Å². The standard InChI is InChI=1S/C13H29N3/c1-5-8-16(10-9-15(3)4)13-7-6-12(2)14-11-13/h12-14H,5-11H2,1-4H3. The average Bonchev–Trinajstić information content (AvgIpc) is 2.25. The number of hydrogen-bond donors (Lipinski definition) is 1. The van der Waals surface area contributed by atoms with E-state index in [1.54, 1.807) is 0 Å². The maximum atomic E-state index is 3.60. The zero-order valence-electron chi connectivity index (χ0n) is 11.5. The summed E-state index contributed by atoms with van der Waals surface area (Å²) in [5.41, 5.74) is 0. The van der Waals surface area contributed by atoms with Gasteiger partial charge in [0.1, 0.15) is 0 Å². The lowest BCUT2D eigenvalue weighted by Crippen LogP contribution is -2.50. The van der Waals surface area contributed by atoms with Gasteiger partial charge in [0.15, 0.2) is 0 Å². The van der Waals surface area contributed by atoms with E-state index in [1.807, 2.05) is 0 Å². The molecule has 2 unspecified atom stereocenters. The summed E-state index contributed by atoms with van der Waals surface area (Å²) >= 11 is 0. The van der Waals surface area contributed by atoms with Crippen LogP contribution < -0.4 is 5.32 Å². The minimum Gasteiger partial charge on any atom is -0.313 e. The smallest absolute Gasteiger partial charge is 0.0221 e. The highest BCUT2D eigenvalue weighted by atomic mass is 15.2. The Morgan fingerprint density at radius 3 is 2.38 bits per heavy atom. The highest BCUT2D eigenvalue weighted by Gasteiger charge is 2.22. The van der Waals surface area contributed by atoms with Crippen molar-refractivity contribution in [3.05, 3.63) is 0 Å². The molecule has 0 radical (unpaired) electrons. The summed E-state index contributed by atoms with van der Waals surface area (Å²) in [6, 6.07) is 1.48. The molecule has 1 aliphatic heterocycles. The van der Waals surface area contributed by atoms with Crippen molar-refractivity contribution in [2.45, 2.75) is 45.2 Å². The van der Waals surface area contributed by atoms with Gasteiger partial charge < -0.3 is 10.2 Å². The normalized spacial score (nSPS) is 26.6. The van der Waals surface area contributed by atoms with Gasteiger partial charge in [0.2, 0.25) is 0 Å². The molecule has 3 nitrogen and oxygen atoms in total. The second kappa shape index (κ2) is 7.25. The lowest BCUT2D eigenvalue weighted by atomic mass is 10.0. The second-order valence-electron chi connectivity index (χ2n) is 5.38. The summed E-state index contributed by atoms with van der Waals surface area (Å²) in [6.07, 6.45) is 3.95. The van der Waals surface area contributed by atoms with E-state index in [9.17, 15) is 0 Å². The van der Waals surface area contributed by atoms with Crippen LogP contribution in [0.4, 0.5) is 0 Å². The maximum absolute atomic E-state index is 3.60. The fourth-order valence-corrected chi connectivity index (χ4v) is 2.39. The molecular formula is C13H29N3. The Balaban J connectivity index is 2.36. The highest BCUT2D eigenvalue weighted by molar-refractivity contribution is 4.82. The van der Waals surface area contributed by atoms with Gasteiger partial charge in [-0.2, -0.15) is 0 Å². The molecule has 1 fully saturated rings. The number of nitrogens with zero attached hydrogens (tertiary/aromatic N) is 2. The summed E-state index contributed by atoms with van der Waals surface area (Å²) in [5.74, 6) is 0.